The van der Waals surface area contributed by atoms with Gasteiger partial charge in [-0.15, -0.1) is 12.4 Å². The maximum Gasteiger partial charge on any atom is 0.266 e. The second kappa shape index (κ2) is 13.6. The zero-order valence-electron chi connectivity index (χ0n) is 19.9. The topological polar surface area (TPSA) is 64.1 Å². The number of carbonyl (C=O) groups is 1. The Bertz CT molecular complexity index is 1060. The second-order valence-electron chi connectivity index (χ2n) is 7.19. The lowest BCUT2D eigenvalue weighted by molar-refractivity contribution is -0.120. The maximum atomic E-state index is 13.3. The molecule has 0 bridgehead atoms. The third kappa shape index (κ3) is 6.88. The van der Waals surface area contributed by atoms with Gasteiger partial charge < -0.3 is 19.1 Å². The number of methoxy groups -OCH3 is 1. The predicted octanol–water partition coefficient (Wildman–Crippen LogP) is 5.53. The molecule has 0 fully saturated rings. The van der Waals surface area contributed by atoms with E-state index in [1.54, 1.807) is 36.3 Å². The fraction of sp³-hybridized carbons (Fsp3) is 0.417. The highest BCUT2D eigenvalue weighted by molar-refractivity contribution is 7.23. The van der Waals surface area contributed by atoms with Gasteiger partial charge in [0.1, 0.15) is 22.8 Å². The average molecular weight is 529 g/mol. The first-order valence-corrected chi connectivity index (χ1v) is 12.2. The van der Waals surface area contributed by atoms with E-state index >= 15 is 0 Å². The molecule has 0 radical (unpaired) electrons. The Balaban J connectivity index is 0.00000408. The lowest BCUT2D eigenvalue weighted by Crippen LogP contribution is -2.41. The summed E-state index contributed by atoms with van der Waals surface area (Å²) in [5, 5.41) is 1.15. The highest BCUT2D eigenvalue weighted by atomic mass is 35.5. The second-order valence-corrected chi connectivity index (χ2v) is 8.57. The van der Waals surface area contributed by atoms with E-state index < -0.39 is 0 Å². The minimum absolute atomic E-state index is 0. The van der Waals surface area contributed by atoms with Gasteiger partial charge in [0, 0.05) is 13.1 Å². The summed E-state index contributed by atoms with van der Waals surface area (Å²) in [6.45, 7) is 9.65. The van der Waals surface area contributed by atoms with Crippen LogP contribution < -0.4 is 19.1 Å². The fourth-order valence-corrected chi connectivity index (χ4v) is 4.65. The van der Waals surface area contributed by atoms with Gasteiger partial charge in [-0.25, -0.2) is 4.98 Å². The molecule has 7 nitrogen and oxygen atoms in total. The summed E-state index contributed by atoms with van der Waals surface area (Å²) in [4.78, 5) is 21.9. The summed E-state index contributed by atoms with van der Waals surface area (Å²) in [5.41, 5.74) is 0.651. The van der Waals surface area contributed by atoms with Crippen molar-refractivity contribution < 1.29 is 19.0 Å². The first-order valence-electron chi connectivity index (χ1n) is 11.0. The Hall–Kier alpha value is -2.26. The van der Waals surface area contributed by atoms with E-state index in [-0.39, 0.29) is 24.9 Å². The van der Waals surface area contributed by atoms with Crippen molar-refractivity contribution in [2.45, 2.75) is 20.8 Å². The molecule has 0 aliphatic heterocycles. The highest BCUT2D eigenvalue weighted by Crippen LogP contribution is 2.38. The van der Waals surface area contributed by atoms with Crippen LogP contribution in [0, 0.1) is 0 Å². The molecule has 0 atom stereocenters. The van der Waals surface area contributed by atoms with E-state index in [2.05, 4.69) is 18.7 Å². The van der Waals surface area contributed by atoms with Crippen LogP contribution in [-0.2, 0) is 4.79 Å². The summed E-state index contributed by atoms with van der Waals surface area (Å²) in [6, 6.07) is 10.8. The van der Waals surface area contributed by atoms with E-state index in [0.717, 1.165) is 30.1 Å². The Morgan fingerprint density at radius 2 is 1.65 bits per heavy atom. The number of hydrogen-bond donors (Lipinski definition) is 0. The van der Waals surface area contributed by atoms with Crippen molar-refractivity contribution >= 4 is 56.6 Å². The quantitative estimate of drug-likeness (QED) is 0.308. The van der Waals surface area contributed by atoms with Crippen LogP contribution in [0.1, 0.15) is 20.8 Å². The molecule has 0 spiro atoms. The number of thiazole rings is 1. The summed E-state index contributed by atoms with van der Waals surface area (Å²) in [5.74, 6) is 1.81. The van der Waals surface area contributed by atoms with Gasteiger partial charge in [-0.1, -0.05) is 36.8 Å². The number of amides is 1. The van der Waals surface area contributed by atoms with Gasteiger partial charge in [-0.05, 0) is 56.4 Å². The molecule has 0 unspecified atom stereocenters. The van der Waals surface area contributed by atoms with Gasteiger partial charge in [0.2, 0.25) is 0 Å². The summed E-state index contributed by atoms with van der Waals surface area (Å²) >= 11 is 7.78. The number of ether oxygens (including phenoxy) is 3. The number of rotatable bonds is 12. The number of aromatic nitrogens is 1. The van der Waals surface area contributed by atoms with Crippen LogP contribution in [0.5, 0.6) is 17.2 Å². The number of halogens is 2. The standard InChI is InChI=1S/C24H30ClN3O4S.ClH/c1-5-27(6-2)14-15-28(21(29)16-32-18-10-8-17(9-11-18)31-7-3)24-26-22-20(30-4)13-12-19(25)23(22)33-24;/h8-13H,5-7,14-16H2,1-4H3;1H. The van der Waals surface area contributed by atoms with Crippen molar-refractivity contribution in [2.75, 3.05) is 51.4 Å². The molecule has 0 saturated carbocycles. The third-order valence-electron chi connectivity index (χ3n) is 5.23. The monoisotopic (exact) mass is 527 g/mol. The van der Waals surface area contributed by atoms with Crippen molar-refractivity contribution in [1.82, 2.24) is 9.88 Å². The molecule has 2 aromatic carbocycles. The molecule has 3 aromatic rings. The molecule has 10 heteroatoms. The minimum Gasteiger partial charge on any atom is -0.494 e. The molecule has 186 valence electrons. The number of carbonyl (C=O) groups excluding carboxylic acids is 1. The smallest absolute Gasteiger partial charge is 0.266 e. The van der Waals surface area contributed by atoms with Gasteiger partial charge in [-0.2, -0.15) is 0 Å². The van der Waals surface area contributed by atoms with Gasteiger partial charge in [-0.3, -0.25) is 9.69 Å². The average Bonchev–Trinajstić information content (AvgIpc) is 3.28. The van der Waals surface area contributed by atoms with Crippen molar-refractivity contribution in [1.29, 1.82) is 0 Å². The summed E-state index contributed by atoms with van der Waals surface area (Å²) in [6.07, 6.45) is 0. The van der Waals surface area contributed by atoms with Crippen LogP contribution in [0.4, 0.5) is 5.13 Å². The van der Waals surface area contributed by atoms with E-state index in [1.165, 1.54) is 11.3 Å². The van der Waals surface area contributed by atoms with E-state index in [1.807, 2.05) is 19.1 Å². The fourth-order valence-electron chi connectivity index (χ4n) is 3.35. The van der Waals surface area contributed by atoms with E-state index in [0.29, 0.717) is 40.3 Å². The number of fused-ring (bicyclic) bond motifs is 1. The van der Waals surface area contributed by atoms with Gasteiger partial charge >= 0.3 is 0 Å². The van der Waals surface area contributed by atoms with Crippen molar-refractivity contribution in [2.24, 2.45) is 0 Å². The molecule has 1 amide bonds. The largest absolute Gasteiger partial charge is 0.494 e. The minimum atomic E-state index is -0.176. The Labute approximate surface area is 216 Å². The van der Waals surface area contributed by atoms with Gasteiger partial charge in [0.05, 0.1) is 23.4 Å². The van der Waals surface area contributed by atoms with E-state index in [9.17, 15) is 4.79 Å². The first kappa shape index (κ1) is 28.0. The third-order valence-corrected chi connectivity index (χ3v) is 6.77. The zero-order valence-corrected chi connectivity index (χ0v) is 22.3. The highest BCUT2D eigenvalue weighted by Gasteiger charge is 2.23. The number of nitrogens with zero attached hydrogens (tertiary/aromatic N) is 3. The van der Waals surface area contributed by atoms with Crippen molar-refractivity contribution in [3.8, 4) is 17.2 Å². The Kier molecular flexibility index (Phi) is 11.2. The number of benzene rings is 2. The molecule has 3 rings (SSSR count). The lowest BCUT2D eigenvalue weighted by Gasteiger charge is -2.24. The van der Waals surface area contributed by atoms with Crippen molar-refractivity contribution in [3.05, 3.63) is 41.4 Å². The van der Waals surface area contributed by atoms with Crippen LogP contribution in [-0.4, -0.2) is 62.3 Å². The Morgan fingerprint density at radius 3 is 2.24 bits per heavy atom. The van der Waals surface area contributed by atoms with Crippen LogP contribution in [0.3, 0.4) is 0 Å². The van der Waals surface area contributed by atoms with Gasteiger partial charge in [0.15, 0.2) is 11.7 Å². The molecule has 1 aromatic heterocycles. The van der Waals surface area contributed by atoms with Crippen molar-refractivity contribution in [3.63, 3.8) is 0 Å². The summed E-state index contributed by atoms with van der Waals surface area (Å²) in [7, 11) is 1.59. The molecule has 34 heavy (non-hydrogen) atoms. The number of likely N-dealkylation sites (N-methyl/N-ethyl adjacent to an activating group) is 1. The lowest BCUT2D eigenvalue weighted by atomic mass is 10.3. The normalized spacial score (nSPS) is 10.8. The summed E-state index contributed by atoms with van der Waals surface area (Å²) < 4.78 is 17.5. The van der Waals surface area contributed by atoms with Crippen LogP contribution >= 0.6 is 35.3 Å². The first-order chi connectivity index (χ1) is 16.0. The molecular weight excluding hydrogens is 497 g/mol. The number of hydrogen-bond acceptors (Lipinski definition) is 7. The maximum absolute atomic E-state index is 13.3. The predicted molar refractivity (Wildman–Crippen MR) is 142 cm³/mol. The van der Waals surface area contributed by atoms with Crippen LogP contribution in [0.25, 0.3) is 10.2 Å². The molecule has 0 saturated heterocycles. The van der Waals surface area contributed by atoms with Crippen LogP contribution in [0.2, 0.25) is 5.02 Å². The van der Waals surface area contributed by atoms with Crippen LogP contribution in [0.15, 0.2) is 36.4 Å². The van der Waals surface area contributed by atoms with Gasteiger partial charge in [0.25, 0.3) is 5.91 Å². The Morgan fingerprint density at radius 1 is 1.00 bits per heavy atom. The molecular formula is C24H31Cl2N3O4S. The molecule has 0 N–H and O–H groups in total. The molecule has 0 aliphatic carbocycles. The zero-order chi connectivity index (χ0) is 23.8. The SMILES string of the molecule is CCOc1ccc(OCC(=O)N(CCN(CC)CC)c2nc3c(OC)ccc(Cl)c3s2)cc1.Cl. The molecule has 0 aliphatic rings. The van der Waals surface area contributed by atoms with E-state index in [4.69, 9.17) is 30.8 Å². The molecule has 1 heterocycles. The number of anilines is 1.